The van der Waals surface area contributed by atoms with Crippen LogP contribution in [0.5, 0.6) is 0 Å². The molecule has 2 heterocycles. The average molecular weight is 228 g/mol. The molecule has 3 rings (SSSR count). The van der Waals surface area contributed by atoms with Crippen molar-refractivity contribution in [2.75, 3.05) is 13.1 Å². The molecule has 1 saturated heterocycles. The molecule has 0 atom stereocenters. The number of piperidine rings is 1. The zero-order valence-electron chi connectivity index (χ0n) is 10.00. The van der Waals surface area contributed by atoms with Crippen LogP contribution in [-0.4, -0.2) is 23.1 Å². The molecule has 2 N–H and O–H groups in total. The quantitative estimate of drug-likeness (QED) is 0.828. The summed E-state index contributed by atoms with van der Waals surface area (Å²) in [5.74, 6) is 1.74. The summed E-state index contributed by atoms with van der Waals surface area (Å²) in [4.78, 5) is 8.19. The third kappa shape index (κ3) is 2.07. The Bertz CT molecular complexity index is 509. The normalized spacial score (nSPS) is 17.7. The van der Waals surface area contributed by atoms with Crippen molar-refractivity contribution in [2.24, 2.45) is 0 Å². The molecule has 1 aromatic heterocycles. The Labute approximate surface area is 102 Å². The number of nitrogens with zero attached hydrogens (tertiary/aromatic N) is 1. The van der Waals surface area contributed by atoms with Crippen LogP contribution in [0.25, 0.3) is 11.0 Å². The van der Waals surface area contributed by atoms with E-state index in [1.165, 1.54) is 18.4 Å². The van der Waals surface area contributed by atoms with Crippen LogP contribution in [0.15, 0.2) is 18.2 Å². The highest BCUT2D eigenvalue weighted by atomic mass is 14.9. The Kier molecular flexibility index (Phi) is 2.85. The molecule has 0 saturated carbocycles. The number of aromatic amines is 1. The molecule has 0 spiro atoms. The fourth-order valence-electron chi connectivity index (χ4n) is 2.52. The largest absolute Gasteiger partial charge is 0.342 e. The van der Waals surface area contributed by atoms with Gasteiger partial charge in [-0.2, -0.15) is 0 Å². The second kappa shape index (κ2) is 4.49. The minimum absolute atomic E-state index is 0.590. The van der Waals surface area contributed by atoms with Crippen LogP contribution in [0.1, 0.15) is 30.1 Å². The average Bonchev–Trinajstić information content (AvgIpc) is 2.82. The van der Waals surface area contributed by atoms with Gasteiger partial charge < -0.3 is 10.3 Å². The van der Waals surface area contributed by atoms with Gasteiger partial charge in [0.2, 0.25) is 0 Å². The molecule has 3 nitrogen and oxygen atoms in total. The zero-order chi connectivity index (χ0) is 11.7. The predicted octanol–water partition coefficient (Wildman–Crippen LogP) is 2.41. The van der Waals surface area contributed by atoms with Gasteiger partial charge in [0, 0.05) is 5.92 Å². The second-order valence-corrected chi connectivity index (χ2v) is 4.75. The van der Waals surface area contributed by atoms with Gasteiger partial charge in [-0.1, -0.05) is 6.07 Å². The zero-order valence-corrected chi connectivity index (χ0v) is 10.00. The van der Waals surface area contributed by atoms with Gasteiger partial charge in [-0.15, -0.1) is 0 Å². The maximum Gasteiger partial charge on any atom is 0.110 e. The second-order valence-electron chi connectivity index (χ2n) is 4.75. The van der Waals surface area contributed by atoms with Crippen LogP contribution >= 0.6 is 0 Å². The van der Waals surface area contributed by atoms with Crippen molar-refractivity contribution in [1.82, 2.24) is 15.3 Å². The van der Waals surface area contributed by atoms with Gasteiger partial charge >= 0.3 is 0 Å². The molecular formula is C14H18N3. The Hall–Kier alpha value is -1.35. The van der Waals surface area contributed by atoms with E-state index in [0.717, 1.165) is 36.4 Å². The molecule has 0 unspecified atom stereocenters. The van der Waals surface area contributed by atoms with Gasteiger partial charge in [0.25, 0.3) is 0 Å². The summed E-state index contributed by atoms with van der Waals surface area (Å²) in [5, 5.41) is 3.39. The van der Waals surface area contributed by atoms with E-state index in [9.17, 15) is 0 Å². The first-order chi connectivity index (χ1) is 8.36. The molecule has 0 bridgehead atoms. The van der Waals surface area contributed by atoms with Gasteiger partial charge in [0.1, 0.15) is 5.82 Å². The molecule has 1 aromatic carbocycles. The number of hydrogen-bond acceptors (Lipinski definition) is 2. The van der Waals surface area contributed by atoms with Crippen LogP contribution in [-0.2, 0) is 6.42 Å². The van der Waals surface area contributed by atoms with Gasteiger partial charge in [-0.05, 0) is 57.0 Å². The summed E-state index contributed by atoms with van der Waals surface area (Å²) < 4.78 is 0. The van der Waals surface area contributed by atoms with E-state index in [4.69, 9.17) is 4.98 Å². The highest BCUT2D eigenvalue weighted by Gasteiger charge is 2.18. The van der Waals surface area contributed by atoms with Crippen molar-refractivity contribution in [3.05, 3.63) is 36.5 Å². The first-order valence-corrected chi connectivity index (χ1v) is 6.35. The Morgan fingerprint density at radius 2 is 2.12 bits per heavy atom. The maximum absolute atomic E-state index is 4.73. The Balaban J connectivity index is 1.95. The number of nitrogens with one attached hydrogen (secondary N) is 2. The number of imidazole rings is 1. The molecule has 1 fully saturated rings. The first kappa shape index (κ1) is 10.8. The van der Waals surface area contributed by atoms with E-state index in [-0.39, 0.29) is 0 Å². The standard InChI is InChI=1S/C14H18N3/c1-2-10-3-4-12-13(9-10)17-14(16-12)11-5-7-15-8-6-11/h3-4,9,11,15H,1-2,5-8H2,(H,16,17). The number of aromatic nitrogens is 2. The molecule has 17 heavy (non-hydrogen) atoms. The molecular weight excluding hydrogens is 210 g/mol. The number of benzene rings is 1. The lowest BCUT2D eigenvalue weighted by atomic mass is 9.98. The van der Waals surface area contributed by atoms with E-state index in [2.05, 4.69) is 35.4 Å². The number of fused-ring (bicyclic) bond motifs is 1. The van der Waals surface area contributed by atoms with Crippen LogP contribution < -0.4 is 5.32 Å². The summed E-state index contributed by atoms with van der Waals surface area (Å²) >= 11 is 0. The number of hydrogen-bond donors (Lipinski definition) is 2. The SMILES string of the molecule is [CH2]Cc1ccc2[nH]c(C3CCNCC3)nc2c1. The van der Waals surface area contributed by atoms with Gasteiger partial charge in [0.15, 0.2) is 0 Å². The molecule has 2 aromatic rings. The summed E-state index contributed by atoms with van der Waals surface area (Å²) in [5.41, 5.74) is 3.48. The molecule has 1 radical (unpaired) electrons. The Morgan fingerprint density at radius 3 is 2.88 bits per heavy atom. The van der Waals surface area contributed by atoms with Crippen LogP contribution in [0, 0.1) is 6.92 Å². The fraction of sp³-hybridized carbons (Fsp3) is 0.429. The molecule has 0 aliphatic carbocycles. The minimum atomic E-state index is 0.590. The van der Waals surface area contributed by atoms with Crippen molar-refractivity contribution in [3.63, 3.8) is 0 Å². The Morgan fingerprint density at radius 1 is 1.29 bits per heavy atom. The van der Waals surface area contributed by atoms with E-state index in [1.54, 1.807) is 0 Å². The van der Waals surface area contributed by atoms with Crippen LogP contribution in [0.3, 0.4) is 0 Å². The van der Waals surface area contributed by atoms with Crippen molar-refractivity contribution in [1.29, 1.82) is 0 Å². The lowest BCUT2D eigenvalue weighted by Gasteiger charge is -2.20. The van der Waals surface area contributed by atoms with Crippen molar-refractivity contribution < 1.29 is 0 Å². The van der Waals surface area contributed by atoms with Crippen molar-refractivity contribution >= 4 is 11.0 Å². The number of H-pyrrole nitrogens is 1. The highest BCUT2D eigenvalue weighted by Crippen LogP contribution is 2.25. The van der Waals surface area contributed by atoms with E-state index in [0.29, 0.717) is 5.92 Å². The topological polar surface area (TPSA) is 40.7 Å². The molecule has 1 aliphatic rings. The van der Waals surface area contributed by atoms with Crippen molar-refractivity contribution in [2.45, 2.75) is 25.2 Å². The summed E-state index contributed by atoms with van der Waals surface area (Å²) in [7, 11) is 0. The van der Waals surface area contributed by atoms with Gasteiger partial charge in [-0.3, -0.25) is 0 Å². The lowest BCUT2D eigenvalue weighted by molar-refractivity contribution is 0.448. The third-order valence-corrected chi connectivity index (χ3v) is 3.58. The predicted molar refractivity (Wildman–Crippen MR) is 70.0 cm³/mol. The van der Waals surface area contributed by atoms with E-state index >= 15 is 0 Å². The van der Waals surface area contributed by atoms with E-state index < -0.39 is 0 Å². The van der Waals surface area contributed by atoms with Gasteiger partial charge in [-0.25, -0.2) is 4.98 Å². The molecule has 1 aliphatic heterocycles. The maximum atomic E-state index is 4.73. The molecule has 89 valence electrons. The summed E-state index contributed by atoms with van der Waals surface area (Å²) in [6, 6.07) is 6.39. The van der Waals surface area contributed by atoms with Crippen molar-refractivity contribution in [3.8, 4) is 0 Å². The summed E-state index contributed by atoms with van der Waals surface area (Å²) in [6.45, 7) is 6.12. The fourth-order valence-corrected chi connectivity index (χ4v) is 2.52. The number of rotatable bonds is 2. The van der Waals surface area contributed by atoms with Gasteiger partial charge in [0.05, 0.1) is 11.0 Å². The van der Waals surface area contributed by atoms with E-state index in [1.807, 2.05) is 0 Å². The molecule has 0 amide bonds. The molecule has 3 heteroatoms. The first-order valence-electron chi connectivity index (χ1n) is 6.35. The third-order valence-electron chi connectivity index (χ3n) is 3.58. The summed E-state index contributed by atoms with van der Waals surface area (Å²) in [6.07, 6.45) is 3.19. The minimum Gasteiger partial charge on any atom is -0.342 e. The lowest BCUT2D eigenvalue weighted by Crippen LogP contribution is -2.27. The monoisotopic (exact) mass is 228 g/mol. The van der Waals surface area contributed by atoms with Crippen LogP contribution in [0.2, 0.25) is 0 Å². The highest BCUT2D eigenvalue weighted by molar-refractivity contribution is 5.76. The smallest absolute Gasteiger partial charge is 0.110 e. The van der Waals surface area contributed by atoms with Crippen LogP contribution in [0.4, 0.5) is 0 Å².